The van der Waals surface area contributed by atoms with Crippen LogP contribution in [0.3, 0.4) is 0 Å². The van der Waals surface area contributed by atoms with Gasteiger partial charge in [0, 0.05) is 0 Å². The van der Waals surface area contributed by atoms with Crippen LogP contribution >= 0.6 is 0 Å². The summed E-state index contributed by atoms with van der Waals surface area (Å²) in [5.74, 6) is 0. The van der Waals surface area contributed by atoms with E-state index in [2.05, 4.69) is 89.0 Å². The van der Waals surface area contributed by atoms with E-state index < -0.39 is 8.32 Å². The summed E-state index contributed by atoms with van der Waals surface area (Å²) in [6, 6.07) is 21.0. The summed E-state index contributed by atoms with van der Waals surface area (Å²) >= 11 is 0. The fourth-order valence-electron chi connectivity index (χ4n) is 2.44. The molecule has 0 amide bonds. The molecule has 0 fully saturated rings. The number of hydrogen-bond donors (Lipinski definition) is 0. The van der Waals surface area contributed by atoms with Crippen LogP contribution in [0.1, 0.15) is 38.0 Å². The Labute approximate surface area is 148 Å². The molecule has 0 bridgehead atoms. The Morgan fingerprint density at radius 2 is 1.46 bits per heavy atom. The van der Waals surface area contributed by atoms with Crippen LogP contribution in [0.15, 0.2) is 72.8 Å². The second kappa shape index (κ2) is 7.50. The Hall–Kier alpha value is -1.64. The summed E-state index contributed by atoms with van der Waals surface area (Å²) in [7, 11) is -1.89. The molecule has 2 rings (SSSR count). The van der Waals surface area contributed by atoms with Crippen molar-refractivity contribution in [2.24, 2.45) is 0 Å². The highest BCUT2D eigenvalue weighted by Gasteiger charge is 2.39. The fourth-order valence-corrected chi connectivity index (χ4v) is 3.68. The Morgan fingerprint density at radius 3 is 1.96 bits per heavy atom. The van der Waals surface area contributed by atoms with Crippen molar-refractivity contribution in [3.05, 3.63) is 83.9 Å². The largest absolute Gasteiger partial charge is 0.406 e. The predicted molar refractivity (Wildman–Crippen MR) is 107 cm³/mol. The Balaban J connectivity index is 2.28. The first-order chi connectivity index (χ1) is 11.2. The molecule has 24 heavy (non-hydrogen) atoms. The summed E-state index contributed by atoms with van der Waals surface area (Å²) < 4.78 is 6.76. The molecule has 0 radical (unpaired) electrons. The summed E-state index contributed by atoms with van der Waals surface area (Å²) in [4.78, 5) is 0. The average Bonchev–Trinajstić information content (AvgIpc) is 2.53. The van der Waals surface area contributed by atoms with E-state index in [4.69, 9.17) is 4.43 Å². The van der Waals surface area contributed by atoms with E-state index in [0.29, 0.717) is 0 Å². The van der Waals surface area contributed by atoms with Crippen LogP contribution < -0.4 is 0 Å². The van der Waals surface area contributed by atoms with E-state index in [0.717, 1.165) is 12.0 Å². The van der Waals surface area contributed by atoms with Crippen molar-refractivity contribution in [3.63, 3.8) is 0 Å². The quantitative estimate of drug-likeness (QED) is 0.429. The standard InChI is InChI=1S/C22H30OSi/c1-18(17-19-13-9-7-10-14-19)21(20-15-11-8-12-16-20)23-24(5,6)22(2,3)4/h7-16,21H,1,17H2,2-6H3. The van der Waals surface area contributed by atoms with Gasteiger partial charge in [-0.15, -0.1) is 0 Å². The first-order valence-electron chi connectivity index (χ1n) is 8.65. The smallest absolute Gasteiger partial charge is 0.193 e. The minimum absolute atomic E-state index is 0.0488. The van der Waals surface area contributed by atoms with Crippen molar-refractivity contribution in [3.8, 4) is 0 Å². The van der Waals surface area contributed by atoms with Crippen molar-refractivity contribution in [2.45, 2.75) is 51.4 Å². The van der Waals surface area contributed by atoms with Gasteiger partial charge in [-0.1, -0.05) is 88.0 Å². The van der Waals surface area contributed by atoms with E-state index in [1.807, 2.05) is 12.1 Å². The van der Waals surface area contributed by atoms with Gasteiger partial charge in [0.05, 0.1) is 6.10 Å². The van der Waals surface area contributed by atoms with Gasteiger partial charge in [0.15, 0.2) is 8.32 Å². The zero-order valence-corrected chi connectivity index (χ0v) is 16.7. The van der Waals surface area contributed by atoms with E-state index in [1.165, 1.54) is 11.1 Å². The van der Waals surface area contributed by atoms with Gasteiger partial charge in [0.1, 0.15) is 0 Å². The Bertz CT molecular complexity index is 653. The van der Waals surface area contributed by atoms with Crippen LogP contribution in [0.25, 0.3) is 0 Å². The predicted octanol–water partition coefficient (Wildman–Crippen LogP) is 6.55. The highest BCUT2D eigenvalue weighted by atomic mass is 28.4. The molecule has 0 heterocycles. The average molecular weight is 339 g/mol. The van der Waals surface area contributed by atoms with Crippen molar-refractivity contribution in [1.82, 2.24) is 0 Å². The van der Waals surface area contributed by atoms with E-state index in [-0.39, 0.29) is 11.1 Å². The van der Waals surface area contributed by atoms with E-state index >= 15 is 0 Å². The van der Waals surface area contributed by atoms with Crippen LogP contribution in [-0.2, 0) is 10.8 Å². The van der Waals surface area contributed by atoms with Gasteiger partial charge in [0.2, 0.25) is 0 Å². The third kappa shape index (κ3) is 4.68. The summed E-state index contributed by atoms with van der Waals surface area (Å²) in [6.07, 6.45) is 0.793. The van der Waals surface area contributed by atoms with Crippen molar-refractivity contribution in [2.75, 3.05) is 0 Å². The molecule has 0 saturated carbocycles. The summed E-state index contributed by atoms with van der Waals surface area (Å²) in [6.45, 7) is 15.8. The monoisotopic (exact) mass is 338 g/mol. The fraction of sp³-hybridized carbons (Fsp3) is 0.364. The first-order valence-corrected chi connectivity index (χ1v) is 11.6. The second-order valence-electron chi connectivity index (χ2n) is 7.99. The summed E-state index contributed by atoms with van der Waals surface area (Å²) in [5, 5.41) is 0.174. The highest BCUT2D eigenvalue weighted by molar-refractivity contribution is 6.74. The number of rotatable bonds is 6. The molecule has 2 aromatic carbocycles. The second-order valence-corrected chi connectivity index (χ2v) is 12.7. The lowest BCUT2D eigenvalue weighted by atomic mass is 9.97. The molecule has 0 spiro atoms. The SMILES string of the molecule is C=C(Cc1ccccc1)C(O[Si](C)(C)C(C)(C)C)c1ccccc1. The van der Waals surface area contributed by atoms with Crippen molar-refractivity contribution >= 4 is 8.32 Å². The molecule has 0 aliphatic rings. The van der Waals surface area contributed by atoms with Gasteiger partial charge < -0.3 is 4.43 Å². The molecular weight excluding hydrogens is 308 g/mol. The highest BCUT2D eigenvalue weighted by Crippen LogP contribution is 2.41. The lowest BCUT2D eigenvalue weighted by Gasteiger charge is -2.40. The Morgan fingerprint density at radius 1 is 0.958 bits per heavy atom. The summed E-state index contributed by atoms with van der Waals surface area (Å²) in [5.41, 5.74) is 3.60. The molecule has 1 nitrogen and oxygen atoms in total. The molecule has 2 heteroatoms. The maximum Gasteiger partial charge on any atom is 0.193 e. The topological polar surface area (TPSA) is 9.23 Å². The van der Waals surface area contributed by atoms with Gasteiger partial charge in [0.25, 0.3) is 0 Å². The maximum atomic E-state index is 6.76. The van der Waals surface area contributed by atoms with E-state index in [9.17, 15) is 0 Å². The van der Waals surface area contributed by atoms with Crippen molar-refractivity contribution < 1.29 is 4.43 Å². The molecular formula is C22H30OSi. The van der Waals surface area contributed by atoms with Crippen LogP contribution in [0, 0.1) is 0 Å². The van der Waals surface area contributed by atoms with E-state index in [1.54, 1.807) is 0 Å². The minimum atomic E-state index is -1.89. The third-order valence-corrected chi connectivity index (χ3v) is 9.40. The number of benzene rings is 2. The van der Waals surface area contributed by atoms with Gasteiger partial charge in [-0.25, -0.2) is 0 Å². The molecule has 0 aromatic heterocycles. The first kappa shape index (κ1) is 18.7. The van der Waals surface area contributed by atoms with Gasteiger partial charge >= 0.3 is 0 Å². The van der Waals surface area contributed by atoms with Gasteiger partial charge in [-0.05, 0) is 41.3 Å². The lowest BCUT2D eigenvalue weighted by molar-refractivity contribution is 0.216. The molecule has 0 saturated heterocycles. The molecule has 0 aliphatic carbocycles. The lowest BCUT2D eigenvalue weighted by Crippen LogP contribution is -2.42. The molecule has 0 N–H and O–H groups in total. The van der Waals surface area contributed by atoms with Gasteiger partial charge in [-0.2, -0.15) is 0 Å². The zero-order valence-electron chi connectivity index (χ0n) is 15.7. The maximum absolute atomic E-state index is 6.76. The molecule has 2 aromatic rings. The van der Waals surface area contributed by atoms with Crippen LogP contribution in [0.2, 0.25) is 18.1 Å². The number of hydrogen-bond acceptors (Lipinski definition) is 1. The normalized spacial score (nSPS) is 13.5. The van der Waals surface area contributed by atoms with Crippen molar-refractivity contribution in [1.29, 1.82) is 0 Å². The van der Waals surface area contributed by atoms with Crippen LogP contribution in [-0.4, -0.2) is 8.32 Å². The molecule has 1 unspecified atom stereocenters. The Kier molecular flexibility index (Phi) is 5.84. The zero-order chi connectivity index (χ0) is 17.8. The molecule has 1 atom stereocenters. The molecule has 0 aliphatic heterocycles. The third-order valence-electron chi connectivity index (χ3n) is 4.97. The van der Waals surface area contributed by atoms with Crippen LogP contribution in [0.5, 0.6) is 0 Å². The van der Waals surface area contributed by atoms with Gasteiger partial charge in [-0.3, -0.25) is 0 Å². The van der Waals surface area contributed by atoms with Crippen LogP contribution in [0.4, 0.5) is 0 Å². The minimum Gasteiger partial charge on any atom is -0.406 e. The molecule has 128 valence electrons.